The molecule has 1 aliphatic rings. The molecule has 1 atom stereocenters. The molecule has 0 bridgehead atoms. The third kappa shape index (κ3) is 3.79. The van der Waals surface area contributed by atoms with E-state index < -0.39 is 0 Å². The lowest BCUT2D eigenvalue weighted by molar-refractivity contribution is 0.0758. The Balaban J connectivity index is 1.70. The molecule has 0 spiro atoms. The monoisotopic (exact) mass is 329 g/mol. The van der Waals surface area contributed by atoms with E-state index in [-0.39, 0.29) is 5.91 Å². The van der Waals surface area contributed by atoms with Crippen LogP contribution in [-0.2, 0) is 0 Å². The smallest absolute Gasteiger partial charge is 0.282 e. The summed E-state index contributed by atoms with van der Waals surface area (Å²) >= 11 is 1.45. The van der Waals surface area contributed by atoms with Crippen LogP contribution in [0.4, 0.5) is 0 Å². The fraction of sp³-hybridized carbons (Fsp3) is 0.444. The van der Waals surface area contributed by atoms with E-state index >= 15 is 0 Å². The highest BCUT2D eigenvalue weighted by Gasteiger charge is 2.24. The fourth-order valence-electron chi connectivity index (χ4n) is 3.05. The molecule has 5 heteroatoms. The molecular formula is C18H23N3OS. The molecule has 1 saturated heterocycles. The number of hydrogen-bond acceptors (Lipinski definition) is 4. The van der Waals surface area contributed by atoms with E-state index in [1.165, 1.54) is 11.3 Å². The van der Waals surface area contributed by atoms with Crippen molar-refractivity contribution in [3.8, 4) is 11.3 Å². The number of carbonyl (C=O) groups is 1. The molecular weight excluding hydrogens is 306 g/mol. The minimum absolute atomic E-state index is 0.0802. The average molecular weight is 329 g/mol. The molecule has 0 unspecified atom stereocenters. The summed E-state index contributed by atoms with van der Waals surface area (Å²) in [4.78, 5) is 21.5. The molecule has 2 aromatic rings. The minimum Gasteiger partial charge on any atom is -0.337 e. The van der Waals surface area contributed by atoms with Gasteiger partial charge in [0.1, 0.15) is 0 Å². The Morgan fingerprint density at radius 2 is 2.00 bits per heavy atom. The summed E-state index contributed by atoms with van der Waals surface area (Å²) in [5, 5.41) is 2.58. The van der Waals surface area contributed by atoms with Crippen molar-refractivity contribution in [3.63, 3.8) is 0 Å². The van der Waals surface area contributed by atoms with Gasteiger partial charge in [0.25, 0.3) is 5.91 Å². The van der Waals surface area contributed by atoms with Crippen molar-refractivity contribution in [2.75, 3.05) is 27.2 Å². The molecule has 0 aliphatic carbocycles. The van der Waals surface area contributed by atoms with E-state index in [1.807, 2.05) is 40.6 Å². The Labute approximate surface area is 141 Å². The highest BCUT2D eigenvalue weighted by Crippen LogP contribution is 2.23. The molecule has 1 aliphatic heterocycles. The first-order valence-electron chi connectivity index (χ1n) is 8.12. The first-order chi connectivity index (χ1) is 11.1. The van der Waals surface area contributed by atoms with E-state index in [2.05, 4.69) is 24.0 Å². The Morgan fingerprint density at radius 1 is 1.22 bits per heavy atom. The van der Waals surface area contributed by atoms with E-state index in [0.717, 1.165) is 43.6 Å². The van der Waals surface area contributed by atoms with Crippen LogP contribution < -0.4 is 0 Å². The topological polar surface area (TPSA) is 36.4 Å². The van der Waals surface area contributed by atoms with Crippen LogP contribution in [0.25, 0.3) is 11.3 Å². The minimum atomic E-state index is 0.0802. The zero-order chi connectivity index (χ0) is 16.2. The standard InChI is InChI=1S/C18H23N3OS/c1-20(2)15-9-6-11-21(12-10-15)18(22)17-19-16(13-23-17)14-7-4-3-5-8-14/h3-5,7-8,13,15H,6,9-12H2,1-2H3/t15-/m1/s1. The van der Waals surface area contributed by atoms with Gasteiger partial charge in [-0.3, -0.25) is 4.79 Å². The normalized spacial score (nSPS) is 18.9. The molecule has 4 nitrogen and oxygen atoms in total. The lowest BCUT2D eigenvalue weighted by Crippen LogP contribution is -2.33. The van der Waals surface area contributed by atoms with Gasteiger partial charge >= 0.3 is 0 Å². The second kappa shape index (κ2) is 7.23. The van der Waals surface area contributed by atoms with Gasteiger partial charge in [0.05, 0.1) is 5.69 Å². The first-order valence-corrected chi connectivity index (χ1v) is 9.00. The van der Waals surface area contributed by atoms with Crippen LogP contribution in [0.1, 0.15) is 29.1 Å². The van der Waals surface area contributed by atoms with Crippen LogP contribution in [0.15, 0.2) is 35.7 Å². The molecule has 1 amide bonds. The van der Waals surface area contributed by atoms with Crippen LogP contribution in [-0.4, -0.2) is 53.9 Å². The first kappa shape index (κ1) is 16.1. The maximum Gasteiger partial charge on any atom is 0.282 e. The summed E-state index contributed by atoms with van der Waals surface area (Å²) in [5.41, 5.74) is 1.95. The van der Waals surface area contributed by atoms with E-state index in [9.17, 15) is 4.79 Å². The molecule has 2 heterocycles. The fourth-order valence-corrected chi connectivity index (χ4v) is 3.84. The predicted octanol–water partition coefficient (Wildman–Crippen LogP) is 3.37. The molecule has 3 rings (SSSR count). The van der Waals surface area contributed by atoms with E-state index in [4.69, 9.17) is 0 Å². The summed E-state index contributed by atoms with van der Waals surface area (Å²) in [6.07, 6.45) is 3.26. The van der Waals surface area contributed by atoms with Gasteiger partial charge in [0.2, 0.25) is 0 Å². The Morgan fingerprint density at radius 3 is 2.74 bits per heavy atom. The summed E-state index contributed by atoms with van der Waals surface area (Å²) < 4.78 is 0. The van der Waals surface area contributed by atoms with Gasteiger partial charge in [-0.1, -0.05) is 30.3 Å². The van der Waals surface area contributed by atoms with Gasteiger partial charge in [-0.05, 0) is 33.4 Å². The number of amides is 1. The van der Waals surface area contributed by atoms with Gasteiger partial charge in [0, 0.05) is 30.1 Å². The zero-order valence-electron chi connectivity index (χ0n) is 13.7. The maximum atomic E-state index is 12.7. The Hall–Kier alpha value is -1.72. The Kier molecular flexibility index (Phi) is 5.08. The van der Waals surface area contributed by atoms with Crippen LogP contribution in [0.5, 0.6) is 0 Å². The van der Waals surface area contributed by atoms with Crippen molar-refractivity contribution in [2.24, 2.45) is 0 Å². The number of hydrogen-bond donors (Lipinski definition) is 0. The maximum absolute atomic E-state index is 12.7. The molecule has 1 aromatic carbocycles. The van der Waals surface area contributed by atoms with Crippen molar-refractivity contribution < 1.29 is 4.79 Å². The quantitative estimate of drug-likeness (QED) is 0.866. The molecule has 122 valence electrons. The van der Waals surface area contributed by atoms with Crippen molar-refractivity contribution >= 4 is 17.2 Å². The number of benzene rings is 1. The highest BCUT2D eigenvalue weighted by molar-refractivity contribution is 7.12. The average Bonchev–Trinajstić information content (AvgIpc) is 2.92. The van der Waals surface area contributed by atoms with Crippen molar-refractivity contribution in [1.29, 1.82) is 0 Å². The molecule has 1 fully saturated rings. The van der Waals surface area contributed by atoms with Crippen molar-refractivity contribution in [2.45, 2.75) is 25.3 Å². The highest BCUT2D eigenvalue weighted by atomic mass is 32.1. The number of aromatic nitrogens is 1. The second-order valence-corrected chi connectivity index (χ2v) is 7.10. The van der Waals surface area contributed by atoms with Gasteiger partial charge in [-0.15, -0.1) is 11.3 Å². The van der Waals surface area contributed by atoms with E-state index in [0.29, 0.717) is 11.0 Å². The number of thiazole rings is 1. The second-order valence-electron chi connectivity index (χ2n) is 6.24. The van der Waals surface area contributed by atoms with Gasteiger partial charge < -0.3 is 9.80 Å². The lowest BCUT2D eigenvalue weighted by atomic mass is 10.1. The number of nitrogens with zero attached hydrogens (tertiary/aromatic N) is 3. The molecule has 0 N–H and O–H groups in total. The third-order valence-electron chi connectivity index (χ3n) is 4.47. The van der Waals surface area contributed by atoms with Crippen molar-refractivity contribution in [3.05, 3.63) is 40.7 Å². The van der Waals surface area contributed by atoms with Gasteiger partial charge in [-0.2, -0.15) is 0 Å². The summed E-state index contributed by atoms with van der Waals surface area (Å²) in [6, 6.07) is 10.6. The zero-order valence-corrected chi connectivity index (χ0v) is 14.6. The molecule has 23 heavy (non-hydrogen) atoms. The van der Waals surface area contributed by atoms with Crippen LogP contribution >= 0.6 is 11.3 Å². The van der Waals surface area contributed by atoms with Crippen molar-refractivity contribution in [1.82, 2.24) is 14.8 Å². The Bertz CT molecular complexity index is 653. The van der Waals surface area contributed by atoms with Crippen LogP contribution in [0, 0.1) is 0 Å². The molecule has 1 aromatic heterocycles. The summed E-state index contributed by atoms with van der Waals surface area (Å²) in [6.45, 7) is 1.66. The summed E-state index contributed by atoms with van der Waals surface area (Å²) in [5.74, 6) is 0.0802. The van der Waals surface area contributed by atoms with Gasteiger partial charge in [0.15, 0.2) is 5.01 Å². The predicted molar refractivity (Wildman–Crippen MR) is 94.8 cm³/mol. The largest absolute Gasteiger partial charge is 0.337 e. The third-order valence-corrected chi connectivity index (χ3v) is 5.30. The lowest BCUT2D eigenvalue weighted by Gasteiger charge is -2.23. The molecule has 0 radical (unpaired) electrons. The van der Waals surface area contributed by atoms with Crippen LogP contribution in [0.2, 0.25) is 0 Å². The number of likely N-dealkylation sites (tertiary alicyclic amines) is 1. The van der Waals surface area contributed by atoms with E-state index in [1.54, 1.807) is 0 Å². The summed E-state index contributed by atoms with van der Waals surface area (Å²) in [7, 11) is 4.24. The molecule has 0 saturated carbocycles. The number of rotatable bonds is 3. The SMILES string of the molecule is CN(C)[C@@H]1CCCN(C(=O)c2nc(-c3ccccc3)cs2)CC1. The number of carbonyl (C=O) groups excluding carboxylic acids is 1. The van der Waals surface area contributed by atoms with Gasteiger partial charge in [-0.25, -0.2) is 4.98 Å². The van der Waals surface area contributed by atoms with Crippen LogP contribution in [0.3, 0.4) is 0 Å².